The molecule has 0 fully saturated rings. The fraction of sp³-hybridized carbons (Fsp3) is 0.429. The van der Waals surface area contributed by atoms with Crippen LogP contribution in [0.3, 0.4) is 0 Å². The molecule has 0 bridgehead atoms. The Kier molecular flexibility index (Phi) is 10.5. The van der Waals surface area contributed by atoms with Gasteiger partial charge in [-0.05, 0) is 32.0 Å². The molecule has 1 aromatic heterocycles. The summed E-state index contributed by atoms with van der Waals surface area (Å²) in [6.07, 6.45) is 0. The third kappa shape index (κ3) is 6.54. The molecule has 30 heavy (non-hydrogen) atoms. The van der Waals surface area contributed by atoms with Crippen LogP contribution in [0.15, 0.2) is 33.7 Å². The number of benzene rings is 1. The van der Waals surface area contributed by atoms with Crippen LogP contribution in [0.1, 0.15) is 34.4 Å². The van der Waals surface area contributed by atoms with Crippen molar-refractivity contribution in [1.29, 1.82) is 0 Å². The maximum atomic E-state index is 11.7. The van der Waals surface area contributed by atoms with E-state index in [-0.39, 0.29) is 24.0 Å². The molecule has 9 heteroatoms. The lowest BCUT2D eigenvalue weighted by Gasteiger charge is -2.23. The van der Waals surface area contributed by atoms with Gasteiger partial charge in [0.05, 0.1) is 21.3 Å². The van der Waals surface area contributed by atoms with E-state index in [0.29, 0.717) is 42.7 Å². The number of carbonyl (C=O) groups excluding carboxylic acids is 1. The molecule has 0 amide bonds. The Morgan fingerprint density at radius 2 is 1.93 bits per heavy atom. The first kappa shape index (κ1) is 25.6. The van der Waals surface area contributed by atoms with Crippen LogP contribution in [0.5, 0.6) is 11.5 Å². The maximum absolute atomic E-state index is 11.7. The standard InChI is InChI=1S/C21H29N3O5.HI/c1-7-22-21(23-12-17-10-18(14(2)29-17)20(25)28-6)24(3)13-15-8-9-16(26-4)11-19(15)27-5;/h8-11H,7,12-13H2,1-6H3,(H,22,23);1H. The van der Waals surface area contributed by atoms with Crippen molar-refractivity contribution >= 4 is 35.9 Å². The molecule has 8 nitrogen and oxygen atoms in total. The number of ether oxygens (including phenoxy) is 3. The van der Waals surface area contributed by atoms with E-state index in [2.05, 4.69) is 10.3 Å². The Morgan fingerprint density at radius 1 is 1.20 bits per heavy atom. The van der Waals surface area contributed by atoms with E-state index in [1.807, 2.05) is 37.1 Å². The van der Waals surface area contributed by atoms with Crippen LogP contribution in [0.2, 0.25) is 0 Å². The third-order valence-corrected chi connectivity index (χ3v) is 4.36. The number of halogens is 1. The zero-order chi connectivity index (χ0) is 21.4. The van der Waals surface area contributed by atoms with E-state index in [9.17, 15) is 4.79 Å². The highest BCUT2D eigenvalue weighted by atomic mass is 127. The number of carbonyl (C=O) groups is 1. The van der Waals surface area contributed by atoms with Crippen molar-refractivity contribution in [1.82, 2.24) is 10.2 Å². The summed E-state index contributed by atoms with van der Waals surface area (Å²) in [6, 6.07) is 7.39. The average Bonchev–Trinajstić information content (AvgIpc) is 3.11. The normalized spacial score (nSPS) is 10.8. The highest BCUT2D eigenvalue weighted by Crippen LogP contribution is 2.25. The lowest BCUT2D eigenvalue weighted by molar-refractivity contribution is 0.0599. The minimum absolute atomic E-state index is 0. The first-order chi connectivity index (χ1) is 13.9. The molecule has 0 saturated carbocycles. The number of aliphatic imine (C=N–C) groups is 1. The first-order valence-electron chi connectivity index (χ1n) is 9.31. The van der Waals surface area contributed by atoms with Crippen LogP contribution in [-0.4, -0.2) is 51.8 Å². The van der Waals surface area contributed by atoms with Crippen LogP contribution in [0.4, 0.5) is 0 Å². The van der Waals surface area contributed by atoms with Crippen molar-refractivity contribution in [3.63, 3.8) is 0 Å². The second-order valence-electron chi connectivity index (χ2n) is 6.38. The molecular formula is C21H30IN3O5. The van der Waals surface area contributed by atoms with Gasteiger partial charge < -0.3 is 28.8 Å². The van der Waals surface area contributed by atoms with Crippen LogP contribution in [-0.2, 0) is 17.8 Å². The summed E-state index contributed by atoms with van der Waals surface area (Å²) in [6.45, 7) is 5.33. The Bertz CT molecular complexity index is 866. The lowest BCUT2D eigenvalue weighted by atomic mass is 10.2. The predicted molar refractivity (Wildman–Crippen MR) is 126 cm³/mol. The SMILES string of the molecule is CCNC(=NCc1cc(C(=O)OC)c(C)o1)N(C)Cc1ccc(OC)cc1OC.I. The Morgan fingerprint density at radius 3 is 2.53 bits per heavy atom. The van der Waals surface area contributed by atoms with Crippen LogP contribution in [0.25, 0.3) is 0 Å². The summed E-state index contributed by atoms with van der Waals surface area (Å²) in [4.78, 5) is 18.4. The van der Waals surface area contributed by atoms with E-state index < -0.39 is 5.97 Å². The molecule has 0 unspecified atom stereocenters. The molecule has 0 aliphatic carbocycles. The third-order valence-electron chi connectivity index (χ3n) is 4.36. The Hall–Kier alpha value is -2.43. The summed E-state index contributed by atoms with van der Waals surface area (Å²) in [5.74, 6) is 2.88. The smallest absolute Gasteiger partial charge is 0.341 e. The van der Waals surface area contributed by atoms with Crippen molar-refractivity contribution in [2.24, 2.45) is 4.99 Å². The molecule has 2 aromatic rings. The van der Waals surface area contributed by atoms with Gasteiger partial charge in [0.15, 0.2) is 5.96 Å². The lowest BCUT2D eigenvalue weighted by Crippen LogP contribution is -2.38. The van der Waals surface area contributed by atoms with Crippen LogP contribution < -0.4 is 14.8 Å². The quantitative estimate of drug-likeness (QED) is 0.241. The number of hydrogen-bond acceptors (Lipinski definition) is 6. The van der Waals surface area contributed by atoms with Crippen molar-refractivity contribution < 1.29 is 23.4 Å². The van der Waals surface area contributed by atoms with Gasteiger partial charge in [-0.15, -0.1) is 24.0 Å². The zero-order valence-corrected chi connectivity index (χ0v) is 20.6. The number of nitrogens with zero attached hydrogens (tertiary/aromatic N) is 2. The molecule has 1 heterocycles. The fourth-order valence-electron chi connectivity index (χ4n) is 2.87. The second kappa shape index (κ2) is 12.3. The maximum Gasteiger partial charge on any atom is 0.341 e. The van der Waals surface area contributed by atoms with Gasteiger partial charge in [0.25, 0.3) is 0 Å². The van der Waals surface area contributed by atoms with Gasteiger partial charge in [0.2, 0.25) is 0 Å². The van der Waals surface area contributed by atoms with Crippen molar-refractivity contribution in [3.8, 4) is 11.5 Å². The number of esters is 1. The fourth-order valence-corrected chi connectivity index (χ4v) is 2.87. The number of rotatable bonds is 8. The molecule has 1 aromatic carbocycles. The molecule has 2 rings (SSSR count). The highest BCUT2D eigenvalue weighted by Gasteiger charge is 2.16. The van der Waals surface area contributed by atoms with Crippen molar-refractivity contribution in [2.45, 2.75) is 26.9 Å². The summed E-state index contributed by atoms with van der Waals surface area (Å²) in [5.41, 5.74) is 1.42. The molecule has 0 saturated heterocycles. The van der Waals surface area contributed by atoms with E-state index in [1.54, 1.807) is 27.2 Å². The summed E-state index contributed by atoms with van der Waals surface area (Å²) in [7, 11) is 6.55. The molecule has 0 radical (unpaired) electrons. The average molecular weight is 531 g/mol. The number of guanidine groups is 1. The monoisotopic (exact) mass is 531 g/mol. The summed E-state index contributed by atoms with van der Waals surface area (Å²) in [5, 5.41) is 3.27. The van der Waals surface area contributed by atoms with Gasteiger partial charge in [-0.1, -0.05) is 0 Å². The molecule has 166 valence electrons. The van der Waals surface area contributed by atoms with Crippen LogP contribution in [0, 0.1) is 6.92 Å². The van der Waals surface area contributed by atoms with Gasteiger partial charge in [-0.2, -0.15) is 0 Å². The van der Waals surface area contributed by atoms with E-state index in [0.717, 1.165) is 17.1 Å². The minimum Gasteiger partial charge on any atom is -0.497 e. The molecule has 0 aliphatic heterocycles. The number of furan rings is 1. The van der Waals surface area contributed by atoms with Gasteiger partial charge >= 0.3 is 5.97 Å². The number of hydrogen-bond donors (Lipinski definition) is 1. The highest BCUT2D eigenvalue weighted by molar-refractivity contribution is 14.0. The summed E-state index contributed by atoms with van der Waals surface area (Å²) >= 11 is 0. The minimum atomic E-state index is -0.419. The van der Waals surface area contributed by atoms with Gasteiger partial charge in [0.1, 0.15) is 35.1 Å². The summed E-state index contributed by atoms with van der Waals surface area (Å²) < 4.78 is 21.1. The van der Waals surface area contributed by atoms with Gasteiger partial charge in [-0.25, -0.2) is 9.79 Å². The zero-order valence-electron chi connectivity index (χ0n) is 18.3. The number of aryl methyl sites for hydroxylation is 1. The predicted octanol–water partition coefficient (Wildman–Crippen LogP) is 3.61. The largest absolute Gasteiger partial charge is 0.497 e. The second-order valence-corrected chi connectivity index (χ2v) is 6.38. The van der Waals surface area contributed by atoms with Crippen molar-refractivity contribution in [2.75, 3.05) is 34.9 Å². The molecule has 1 N–H and O–H groups in total. The molecule has 0 atom stereocenters. The van der Waals surface area contributed by atoms with E-state index in [1.165, 1.54) is 7.11 Å². The topological polar surface area (TPSA) is 85.5 Å². The van der Waals surface area contributed by atoms with Crippen LogP contribution >= 0.6 is 24.0 Å². The Labute approximate surface area is 194 Å². The van der Waals surface area contributed by atoms with E-state index in [4.69, 9.17) is 18.6 Å². The number of methoxy groups -OCH3 is 3. The van der Waals surface area contributed by atoms with Crippen molar-refractivity contribution in [3.05, 3.63) is 46.9 Å². The van der Waals surface area contributed by atoms with Gasteiger partial charge in [-0.3, -0.25) is 0 Å². The number of nitrogens with one attached hydrogen (secondary N) is 1. The molecule has 0 spiro atoms. The first-order valence-corrected chi connectivity index (χ1v) is 9.31. The van der Waals surface area contributed by atoms with Gasteiger partial charge in [0, 0.05) is 31.8 Å². The van der Waals surface area contributed by atoms with E-state index >= 15 is 0 Å². The molecule has 0 aliphatic rings. The Balaban J connectivity index is 0.00000450. The molecular weight excluding hydrogens is 501 g/mol.